The molecular formula is C16H13ClO4. The summed E-state index contributed by atoms with van der Waals surface area (Å²) < 4.78 is 5.04. The van der Waals surface area contributed by atoms with Crippen LogP contribution in [0.5, 0.6) is 11.5 Å². The maximum atomic E-state index is 11.5. The van der Waals surface area contributed by atoms with Gasteiger partial charge in [-0.3, -0.25) is 0 Å². The molecule has 0 fully saturated rings. The lowest BCUT2D eigenvalue weighted by Gasteiger charge is -2.08. The predicted molar refractivity (Wildman–Crippen MR) is 81.6 cm³/mol. The van der Waals surface area contributed by atoms with E-state index in [9.17, 15) is 15.0 Å². The molecule has 21 heavy (non-hydrogen) atoms. The molecule has 2 aromatic rings. The Hall–Kier alpha value is -2.46. The van der Waals surface area contributed by atoms with E-state index in [1.54, 1.807) is 30.3 Å². The maximum absolute atomic E-state index is 11.5. The third kappa shape index (κ3) is 3.35. The summed E-state index contributed by atoms with van der Waals surface area (Å²) in [5.74, 6) is -0.636. The number of rotatable bonds is 4. The fourth-order valence-electron chi connectivity index (χ4n) is 1.87. The van der Waals surface area contributed by atoms with Crippen molar-refractivity contribution in [3.8, 4) is 11.5 Å². The quantitative estimate of drug-likeness (QED) is 0.668. The second-order valence-electron chi connectivity index (χ2n) is 4.27. The van der Waals surface area contributed by atoms with Gasteiger partial charge < -0.3 is 14.9 Å². The van der Waals surface area contributed by atoms with E-state index in [4.69, 9.17) is 16.3 Å². The van der Waals surface area contributed by atoms with E-state index in [0.717, 1.165) is 0 Å². The number of hydrogen-bond donors (Lipinski definition) is 2. The smallest absolute Gasteiger partial charge is 0.336 e. The topological polar surface area (TPSA) is 66.8 Å². The largest absolute Gasteiger partial charge is 0.507 e. The Balaban J connectivity index is 2.52. The number of methoxy groups -OCH3 is 1. The SMILES string of the molecule is COc1ccc(/C(=C/c2ccccc2O)C(=O)O)cc1Cl. The number of ether oxygens (including phenoxy) is 1. The minimum Gasteiger partial charge on any atom is -0.507 e. The average Bonchev–Trinajstić information content (AvgIpc) is 2.46. The third-order valence-electron chi connectivity index (χ3n) is 2.93. The zero-order valence-electron chi connectivity index (χ0n) is 11.2. The second-order valence-corrected chi connectivity index (χ2v) is 4.68. The van der Waals surface area contributed by atoms with Gasteiger partial charge in [-0.15, -0.1) is 0 Å². The number of phenolic OH excluding ortho intramolecular Hbond substituents is 1. The molecule has 0 amide bonds. The first-order valence-corrected chi connectivity index (χ1v) is 6.47. The van der Waals surface area contributed by atoms with E-state index in [0.29, 0.717) is 21.9 Å². The van der Waals surface area contributed by atoms with Gasteiger partial charge in [0.25, 0.3) is 0 Å². The Bertz CT molecular complexity index is 707. The number of aromatic hydroxyl groups is 1. The van der Waals surface area contributed by atoms with Crippen LogP contribution in [0, 0.1) is 0 Å². The van der Waals surface area contributed by atoms with Gasteiger partial charge in [-0.1, -0.05) is 35.9 Å². The van der Waals surface area contributed by atoms with Gasteiger partial charge >= 0.3 is 5.97 Å². The van der Waals surface area contributed by atoms with Gasteiger partial charge in [-0.05, 0) is 29.8 Å². The molecule has 4 nitrogen and oxygen atoms in total. The highest BCUT2D eigenvalue weighted by molar-refractivity contribution is 6.32. The molecule has 0 unspecified atom stereocenters. The van der Waals surface area contributed by atoms with Crippen LogP contribution in [0.2, 0.25) is 5.02 Å². The van der Waals surface area contributed by atoms with Crippen molar-refractivity contribution >= 4 is 29.2 Å². The molecule has 2 rings (SSSR count). The van der Waals surface area contributed by atoms with E-state index < -0.39 is 5.97 Å². The van der Waals surface area contributed by atoms with Crippen molar-refractivity contribution in [1.82, 2.24) is 0 Å². The number of phenols is 1. The molecular weight excluding hydrogens is 292 g/mol. The third-order valence-corrected chi connectivity index (χ3v) is 3.23. The summed E-state index contributed by atoms with van der Waals surface area (Å²) in [5, 5.41) is 19.4. The van der Waals surface area contributed by atoms with Gasteiger partial charge in [0.05, 0.1) is 17.7 Å². The van der Waals surface area contributed by atoms with Crippen molar-refractivity contribution in [1.29, 1.82) is 0 Å². The van der Waals surface area contributed by atoms with E-state index in [-0.39, 0.29) is 11.3 Å². The Labute approximate surface area is 126 Å². The molecule has 0 radical (unpaired) electrons. The van der Waals surface area contributed by atoms with Crippen molar-refractivity contribution in [2.24, 2.45) is 0 Å². The molecule has 0 aliphatic heterocycles. The van der Waals surface area contributed by atoms with Crippen molar-refractivity contribution in [2.45, 2.75) is 0 Å². The van der Waals surface area contributed by atoms with Crippen molar-refractivity contribution in [2.75, 3.05) is 7.11 Å². The van der Waals surface area contributed by atoms with Gasteiger partial charge in [-0.2, -0.15) is 0 Å². The molecule has 2 N–H and O–H groups in total. The first-order chi connectivity index (χ1) is 10.0. The molecule has 0 atom stereocenters. The van der Waals surface area contributed by atoms with E-state index in [2.05, 4.69) is 0 Å². The number of benzene rings is 2. The maximum Gasteiger partial charge on any atom is 0.336 e. The van der Waals surface area contributed by atoms with Crippen LogP contribution in [0.25, 0.3) is 11.6 Å². The number of para-hydroxylation sites is 1. The highest BCUT2D eigenvalue weighted by atomic mass is 35.5. The van der Waals surface area contributed by atoms with Crippen molar-refractivity contribution in [3.63, 3.8) is 0 Å². The van der Waals surface area contributed by atoms with Crippen LogP contribution < -0.4 is 4.74 Å². The molecule has 0 heterocycles. The normalized spacial score (nSPS) is 11.2. The summed E-state index contributed by atoms with van der Waals surface area (Å²) in [6.07, 6.45) is 1.40. The van der Waals surface area contributed by atoms with Crippen LogP contribution in [0.3, 0.4) is 0 Å². The number of carbonyl (C=O) groups is 1. The Morgan fingerprint density at radius 1 is 1.24 bits per heavy atom. The van der Waals surface area contributed by atoms with Crippen molar-refractivity contribution in [3.05, 3.63) is 58.6 Å². The molecule has 0 saturated carbocycles. The number of carboxylic acids is 1. The minimum absolute atomic E-state index is 0.0101. The molecule has 0 aliphatic rings. The summed E-state index contributed by atoms with van der Waals surface area (Å²) in [7, 11) is 1.48. The van der Waals surface area contributed by atoms with Gasteiger partial charge in [0, 0.05) is 5.56 Å². The zero-order valence-corrected chi connectivity index (χ0v) is 12.0. The number of halogens is 1. The van der Waals surface area contributed by atoms with Crippen LogP contribution in [0.4, 0.5) is 0 Å². The van der Waals surface area contributed by atoms with Crippen LogP contribution in [0.1, 0.15) is 11.1 Å². The van der Waals surface area contributed by atoms with Gasteiger partial charge in [0.15, 0.2) is 0 Å². The molecule has 0 aromatic heterocycles. The predicted octanol–water partition coefficient (Wildman–Crippen LogP) is 3.68. The molecule has 108 valence electrons. The molecule has 0 bridgehead atoms. The first kappa shape index (κ1) is 14.9. The average molecular weight is 305 g/mol. The van der Waals surface area contributed by atoms with E-state index >= 15 is 0 Å². The highest BCUT2D eigenvalue weighted by Crippen LogP contribution is 2.30. The summed E-state index contributed by atoms with van der Waals surface area (Å²) in [5.41, 5.74) is 0.874. The van der Waals surface area contributed by atoms with E-state index in [1.807, 2.05) is 0 Å². The second kappa shape index (κ2) is 6.33. The zero-order chi connectivity index (χ0) is 15.4. The van der Waals surface area contributed by atoms with E-state index in [1.165, 1.54) is 25.3 Å². The fraction of sp³-hybridized carbons (Fsp3) is 0.0625. The monoisotopic (exact) mass is 304 g/mol. The molecule has 0 saturated heterocycles. The number of aliphatic carboxylic acids is 1. The Morgan fingerprint density at radius 3 is 2.52 bits per heavy atom. The Kier molecular flexibility index (Phi) is 4.50. The lowest BCUT2D eigenvalue weighted by atomic mass is 10.0. The van der Waals surface area contributed by atoms with Crippen molar-refractivity contribution < 1.29 is 19.7 Å². The molecule has 5 heteroatoms. The Morgan fingerprint density at radius 2 is 1.95 bits per heavy atom. The number of carboxylic acid groups (broad SMARTS) is 1. The summed E-state index contributed by atoms with van der Waals surface area (Å²) >= 11 is 6.02. The summed E-state index contributed by atoms with van der Waals surface area (Å²) in [6.45, 7) is 0. The highest BCUT2D eigenvalue weighted by Gasteiger charge is 2.13. The van der Waals surface area contributed by atoms with Gasteiger partial charge in [0.1, 0.15) is 11.5 Å². The molecule has 2 aromatic carbocycles. The first-order valence-electron chi connectivity index (χ1n) is 6.10. The summed E-state index contributed by atoms with van der Waals surface area (Å²) in [6, 6.07) is 11.2. The molecule has 0 spiro atoms. The lowest BCUT2D eigenvalue weighted by molar-refractivity contribution is -0.130. The van der Waals surface area contributed by atoms with Crippen LogP contribution in [0.15, 0.2) is 42.5 Å². The number of hydrogen-bond acceptors (Lipinski definition) is 3. The van der Waals surface area contributed by atoms with Crippen LogP contribution in [-0.2, 0) is 4.79 Å². The van der Waals surface area contributed by atoms with Gasteiger partial charge in [-0.25, -0.2) is 4.79 Å². The van der Waals surface area contributed by atoms with Crippen LogP contribution >= 0.6 is 11.6 Å². The summed E-state index contributed by atoms with van der Waals surface area (Å²) in [4.78, 5) is 11.5. The molecule has 0 aliphatic carbocycles. The minimum atomic E-state index is -1.11. The van der Waals surface area contributed by atoms with Crippen LogP contribution in [-0.4, -0.2) is 23.3 Å². The fourth-order valence-corrected chi connectivity index (χ4v) is 2.13. The lowest BCUT2D eigenvalue weighted by Crippen LogP contribution is -2.00. The van der Waals surface area contributed by atoms with Gasteiger partial charge in [0.2, 0.25) is 0 Å². The standard InChI is InChI=1S/C16H13ClO4/c1-21-15-7-6-10(9-13(15)17)12(16(19)20)8-11-4-2-3-5-14(11)18/h2-9,18H,1H3,(H,19,20)/b12-8-.